The maximum absolute atomic E-state index is 11.7. The summed E-state index contributed by atoms with van der Waals surface area (Å²) in [6.45, 7) is 2.81. The molecule has 1 aromatic carbocycles. The van der Waals surface area contributed by atoms with Crippen molar-refractivity contribution in [3.63, 3.8) is 0 Å². The number of nitrogens with one attached hydrogen (secondary N) is 2. The van der Waals surface area contributed by atoms with Crippen LogP contribution >= 0.6 is 11.3 Å². The summed E-state index contributed by atoms with van der Waals surface area (Å²) in [5.41, 5.74) is 1.81. The summed E-state index contributed by atoms with van der Waals surface area (Å²) in [4.78, 5) is 21.9. The van der Waals surface area contributed by atoms with Gasteiger partial charge in [0.25, 0.3) is 5.91 Å². The maximum atomic E-state index is 11.7. The van der Waals surface area contributed by atoms with Gasteiger partial charge in [-0.05, 0) is 35.6 Å². The van der Waals surface area contributed by atoms with Gasteiger partial charge in [0.15, 0.2) is 0 Å². The Labute approximate surface area is 145 Å². The zero-order valence-electron chi connectivity index (χ0n) is 13.8. The molecule has 2 N–H and O–H groups in total. The van der Waals surface area contributed by atoms with E-state index < -0.39 is 0 Å². The molecule has 0 saturated carbocycles. The zero-order valence-corrected chi connectivity index (χ0v) is 14.6. The van der Waals surface area contributed by atoms with Gasteiger partial charge in [0.1, 0.15) is 16.5 Å². The molecule has 0 aliphatic heterocycles. The lowest BCUT2D eigenvalue weighted by atomic mass is 10.1. The van der Waals surface area contributed by atoms with Crippen molar-refractivity contribution in [1.29, 1.82) is 0 Å². The van der Waals surface area contributed by atoms with Crippen molar-refractivity contribution >= 4 is 33.3 Å². The highest BCUT2D eigenvalue weighted by atomic mass is 32.1. The highest BCUT2D eigenvalue weighted by Crippen LogP contribution is 2.25. The standard InChI is InChI=1S/C18H20N4OS/c1-3-15-21-16(14-8-10-24-18(14)22-15)20-9-7-12-5-4-6-13(11-12)17(23)19-2/h4-6,8,10-11H,3,7,9H2,1-2H3,(H,19,23)(H,20,21,22). The lowest BCUT2D eigenvalue weighted by molar-refractivity contribution is 0.0963. The van der Waals surface area contributed by atoms with Crippen LogP contribution in [-0.4, -0.2) is 29.5 Å². The summed E-state index contributed by atoms with van der Waals surface area (Å²) in [6.07, 6.45) is 1.64. The van der Waals surface area contributed by atoms with Crippen LogP contribution in [-0.2, 0) is 12.8 Å². The number of aryl methyl sites for hydroxylation is 1. The van der Waals surface area contributed by atoms with Gasteiger partial charge in [-0.15, -0.1) is 11.3 Å². The first kappa shape index (κ1) is 16.4. The molecule has 1 amide bonds. The molecule has 6 heteroatoms. The SMILES string of the molecule is CCc1nc(NCCc2cccc(C(=O)NC)c2)c2ccsc2n1. The lowest BCUT2D eigenvalue weighted by Crippen LogP contribution is -2.18. The number of nitrogens with zero attached hydrogens (tertiary/aromatic N) is 2. The van der Waals surface area contributed by atoms with Crippen LogP contribution in [0.4, 0.5) is 5.82 Å². The van der Waals surface area contributed by atoms with Gasteiger partial charge >= 0.3 is 0 Å². The third kappa shape index (κ3) is 3.54. The highest BCUT2D eigenvalue weighted by molar-refractivity contribution is 7.16. The van der Waals surface area contributed by atoms with Crippen molar-refractivity contribution in [2.75, 3.05) is 18.9 Å². The monoisotopic (exact) mass is 340 g/mol. The van der Waals surface area contributed by atoms with Gasteiger partial charge in [-0.1, -0.05) is 19.1 Å². The van der Waals surface area contributed by atoms with E-state index in [0.29, 0.717) is 5.56 Å². The second-order valence-electron chi connectivity index (χ2n) is 5.44. The van der Waals surface area contributed by atoms with Crippen LogP contribution in [0.3, 0.4) is 0 Å². The van der Waals surface area contributed by atoms with Crippen molar-refractivity contribution in [2.24, 2.45) is 0 Å². The molecule has 0 aliphatic carbocycles. The summed E-state index contributed by atoms with van der Waals surface area (Å²) >= 11 is 1.63. The van der Waals surface area contributed by atoms with Crippen LogP contribution in [0.25, 0.3) is 10.2 Å². The molecule has 0 atom stereocenters. The molecule has 3 rings (SSSR count). The Kier molecular flexibility index (Phi) is 5.05. The van der Waals surface area contributed by atoms with Crippen molar-refractivity contribution in [2.45, 2.75) is 19.8 Å². The number of rotatable bonds is 6. The summed E-state index contributed by atoms with van der Waals surface area (Å²) in [6, 6.07) is 9.75. The average Bonchev–Trinajstić information content (AvgIpc) is 3.09. The number of fused-ring (bicyclic) bond motifs is 1. The summed E-state index contributed by atoms with van der Waals surface area (Å²) in [5.74, 6) is 1.68. The van der Waals surface area contributed by atoms with Crippen LogP contribution in [0.15, 0.2) is 35.7 Å². The Morgan fingerprint density at radius 2 is 2.12 bits per heavy atom. The molecule has 3 aromatic rings. The number of anilines is 1. The average molecular weight is 340 g/mol. The second kappa shape index (κ2) is 7.40. The molecule has 24 heavy (non-hydrogen) atoms. The Morgan fingerprint density at radius 1 is 1.25 bits per heavy atom. The summed E-state index contributed by atoms with van der Waals surface area (Å²) < 4.78 is 0. The normalized spacial score (nSPS) is 10.8. The number of benzene rings is 1. The predicted molar refractivity (Wildman–Crippen MR) is 98.8 cm³/mol. The summed E-state index contributed by atoms with van der Waals surface area (Å²) in [5, 5.41) is 9.17. The third-order valence-corrected chi connectivity index (χ3v) is 4.62. The Morgan fingerprint density at radius 3 is 2.92 bits per heavy atom. The molecule has 0 fully saturated rings. The zero-order chi connectivity index (χ0) is 16.9. The van der Waals surface area contributed by atoms with Gasteiger partial charge in [0.2, 0.25) is 0 Å². The Hall–Kier alpha value is -2.47. The highest BCUT2D eigenvalue weighted by Gasteiger charge is 2.08. The quantitative estimate of drug-likeness (QED) is 0.723. The first-order valence-electron chi connectivity index (χ1n) is 8.00. The lowest BCUT2D eigenvalue weighted by Gasteiger charge is -2.09. The molecule has 0 unspecified atom stereocenters. The molecule has 0 aliphatic rings. The molecular weight excluding hydrogens is 320 g/mol. The minimum absolute atomic E-state index is 0.0619. The molecule has 5 nitrogen and oxygen atoms in total. The van der Waals surface area contributed by atoms with Crippen molar-refractivity contribution in [3.8, 4) is 0 Å². The van der Waals surface area contributed by atoms with Crippen molar-refractivity contribution < 1.29 is 4.79 Å². The minimum Gasteiger partial charge on any atom is -0.369 e. The third-order valence-electron chi connectivity index (χ3n) is 3.81. The molecule has 0 bridgehead atoms. The number of carbonyl (C=O) groups excluding carboxylic acids is 1. The Balaban J connectivity index is 1.71. The number of hydrogen-bond donors (Lipinski definition) is 2. The van der Waals surface area contributed by atoms with Crippen molar-refractivity contribution in [3.05, 3.63) is 52.7 Å². The second-order valence-corrected chi connectivity index (χ2v) is 6.33. The number of amides is 1. The van der Waals surface area contributed by atoms with Crippen molar-refractivity contribution in [1.82, 2.24) is 15.3 Å². The minimum atomic E-state index is -0.0619. The fraction of sp³-hybridized carbons (Fsp3) is 0.278. The first-order chi connectivity index (χ1) is 11.7. The first-order valence-corrected chi connectivity index (χ1v) is 8.88. The van der Waals surface area contributed by atoms with E-state index >= 15 is 0 Å². The smallest absolute Gasteiger partial charge is 0.251 e. The van der Waals surface area contributed by atoms with Gasteiger partial charge in [-0.3, -0.25) is 4.79 Å². The van der Waals surface area contributed by atoms with Gasteiger partial charge in [0, 0.05) is 25.6 Å². The van der Waals surface area contributed by atoms with E-state index in [1.165, 1.54) is 0 Å². The van der Waals surface area contributed by atoms with E-state index in [9.17, 15) is 4.79 Å². The molecule has 124 valence electrons. The largest absolute Gasteiger partial charge is 0.369 e. The molecular formula is C18H20N4OS. The van der Waals surface area contributed by atoms with E-state index in [4.69, 9.17) is 0 Å². The van der Waals surface area contributed by atoms with Crippen LogP contribution in [0, 0.1) is 0 Å². The number of aromatic nitrogens is 2. The van der Waals surface area contributed by atoms with Crippen LogP contribution < -0.4 is 10.6 Å². The molecule has 0 saturated heterocycles. The van der Waals surface area contributed by atoms with Gasteiger partial charge in [-0.2, -0.15) is 0 Å². The molecule has 0 spiro atoms. The summed E-state index contributed by atoms with van der Waals surface area (Å²) in [7, 11) is 1.64. The van der Waals surface area contributed by atoms with E-state index in [1.807, 2.05) is 35.7 Å². The van der Waals surface area contributed by atoms with E-state index in [0.717, 1.165) is 46.8 Å². The molecule has 0 radical (unpaired) electrons. The van der Waals surface area contributed by atoms with E-state index in [1.54, 1.807) is 18.4 Å². The molecule has 2 aromatic heterocycles. The van der Waals surface area contributed by atoms with E-state index in [-0.39, 0.29) is 5.91 Å². The van der Waals surface area contributed by atoms with Crippen LogP contribution in [0.2, 0.25) is 0 Å². The predicted octanol–water partition coefficient (Wildman–Crippen LogP) is 3.27. The fourth-order valence-corrected chi connectivity index (χ4v) is 3.31. The topological polar surface area (TPSA) is 66.9 Å². The number of carbonyl (C=O) groups is 1. The van der Waals surface area contributed by atoms with Crippen LogP contribution in [0.5, 0.6) is 0 Å². The molecule has 2 heterocycles. The fourth-order valence-electron chi connectivity index (χ4n) is 2.53. The number of hydrogen-bond acceptors (Lipinski definition) is 5. The van der Waals surface area contributed by atoms with Gasteiger partial charge in [-0.25, -0.2) is 9.97 Å². The Bertz CT molecular complexity index is 859. The maximum Gasteiger partial charge on any atom is 0.251 e. The van der Waals surface area contributed by atoms with E-state index in [2.05, 4.69) is 27.5 Å². The number of thiophene rings is 1. The van der Waals surface area contributed by atoms with Gasteiger partial charge in [0.05, 0.1) is 5.39 Å². The van der Waals surface area contributed by atoms with Crippen LogP contribution in [0.1, 0.15) is 28.7 Å². The van der Waals surface area contributed by atoms with Gasteiger partial charge < -0.3 is 10.6 Å².